The van der Waals surface area contributed by atoms with E-state index in [9.17, 15) is 0 Å². The number of methoxy groups -OCH3 is 1. The zero-order valence-corrected chi connectivity index (χ0v) is 11.3. The molecule has 0 saturated heterocycles. The number of aryl methyl sites for hydroxylation is 1. The second-order valence-electron chi connectivity index (χ2n) is 4.06. The van der Waals surface area contributed by atoms with Gasteiger partial charge < -0.3 is 15.2 Å². The van der Waals surface area contributed by atoms with Crippen molar-refractivity contribution in [1.82, 2.24) is 9.97 Å². The van der Waals surface area contributed by atoms with Gasteiger partial charge in [-0.15, -0.1) is 0 Å². The Kier molecular flexibility index (Phi) is 3.85. The van der Waals surface area contributed by atoms with E-state index in [2.05, 4.69) is 9.97 Å². The number of nitrogens with two attached hydrogens (primary N) is 1. The highest BCUT2D eigenvalue weighted by atomic mass is 16.5. The van der Waals surface area contributed by atoms with Crippen LogP contribution in [-0.2, 0) is 0 Å². The Hall–Kier alpha value is -2.30. The first kappa shape index (κ1) is 13.1. The summed E-state index contributed by atoms with van der Waals surface area (Å²) in [6, 6.07) is 5.81. The second kappa shape index (κ2) is 5.56. The number of ether oxygens (including phenoxy) is 2. The Balaban J connectivity index is 2.49. The lowest BCUT2D eigenvalue weighted by molar-refractivity contribution is 0.328. The van der Waals surface area contributed by atoms with E-state index in [0.29, 0.717) is 24.0 Å². The molecular formula is C14H17N3O2. The molecule has 0 aliphatic carbocycles. The van der Waals surface area contributed by atoms with Gasteiger partial charge in [0.25, 0.3) is 5.88 Å². The van der Waals surface area contributed by atoms with Gasteiger partial charge in [0.15, 0.2) is 5.82 Å². The number of nitrogen functional groups attached to an aromatic ring is 1. The molecule has 5 heteroatoms. The maximum absolute atomic E-state index is 5.72. The van der Waals surface area contributed by atoms with Gasteiger partial charge in [0.2, 0.25) is 0 Å². The van der Waals surface area contributed by atoms with Crippen molar-refractivity contribution in [1.29, 1.82) is 0 Å². The molecule has 5 nitrogen and oxygen atoms in total. The average Bonchev–Trinajstić information content (AvgIpc) is 2.42. The summed E-state index contributed by atoms with van der Waals surface area (Å²) in [5.41, 5.74) is 8.48. The summed E-state index contributed by atoms with van der Waals surface area (Å²) in [4.78, 5) is 8.52. The molecule has 0 fully saturated rings. The molecule has 1 heterocycles. The number of rotatable bonds is 4. The predicted octanol–water partition coefficient (Wildman–Crippen LogP) is 2.44. The van der Waals surface area contributed by atoms with Crippen LogP contribution < -0.4 is 15.2 Å². The van der Waals surface area contributed by atoms with Gasteiger partial charge in [0.05, 0.1) is 25.6 Å². The number of anilines is 1. The molecular weight excluding hydrogens is 242 g/mol. The van der Waals surface area contributed by atoms with Crippen molar-refractivity contribution in [3.63, 3.8) is 0 Å². The maximum atomic E-state index is 5.72. The van der Waals surface area contributed by atoms with Gasteiger partial charge >= 0.3 is 0 Å². The Morgan fingerprint density at radius 2 is 2.11 bits per heavy atom. The molecule has 100 valence electrons. The average molecular weight is 259 g/mol. The van der Waals surface area contributed by atoms with Crippen molar-refractivity contribution in [3.8, 4) is 22.9 Å². The summed E-state index contributed by atoms with van der Waals surface area (Å²) in [6.07, 6.45) is 1.64. The Labute approximate surface area is 112 Å². The fourth-order valence-corrected chi connectivity index (χ4v) is 1.76. The monoisotopic (exact) mass is 259 g/mol. The summed E-state index contributed by atoms with van der Waals surface area (Å²) in [7, 11) is 1.63. The summed E-state index contributed by atoms with van der Waals surface area (Å²) >= 11 is 0. The van der Waals surface area contributed by atoms with Crippen LogP contribution in [0.15, 0.2) is 24.4 Å². The summed E-state index contributed by atoms with van der Waals surface area (Å²) in [5.74, 6) is 1.44. The van der Waals surface area contributed by atoms with Gasteiger partial charge in [-0.1, -0.05) is 6.07 Å². The molecule has 0 amide bonds. The smallest absolute Gasteiger partial charge is 0.257 e. The van der Waals surface area contributed by atoms with Gasteiger partial charge in [-0.2, -0.15) is 0 Å². The molecule has 2 N–H and O–H groups in total. The van der Waals surface area contributed by atoms with Gasteiger partial charge in [0.1, 0.15) is 5.75 Å². The van der Waals surface area contributed by atoms with E-state index in [4.69, 9.17) is 15.2 Å². The molecule has 1 aromatic carbocycles. The van der Waals surface area contributed by atoms with Crippen LogP contribution in [0.25, 0.3) is 11.3 Å². The van der Waals surface area contributed by atoms with E-state index in [1.54, 1.807) is 13.3 Å². The molecule has 0 bridgehead atoms. The number of nitrogens with zero attached hydrogens (tertiary/aromatic N) is 2. The van der Waals surface area contributed by atoms with Gasteiger partial charge in [-0.3, -0.25) is 0 Å². The van der Waals surface area contributed by atoms with Crippen LogP contribution >= 0.6 is 0 Å². The largest absolute Gasteiger partial charge is 0.497 e. The van der Waals surface area contributed by atoms with Crippen LogP contribution in [0.3, 0.4) is 0 Å². The fourth-order valence-electron chi connectivity index (χ4n) is 1.76. The molecule has 2 rings (SSSR count). The molecule has 0 radical (unpaired) electrons. The molecule has 0 spiro atoms. The van der Waals surface area contributed by atoms with E-state index in [1.165, 1.54) is 0 Å². The maximum Gasteiger partial charge on any atom is 0.257 e. The Morgan fingerprint density at radius 1 is 1.32 bits per heavy atom. The van der Waals surface area contributed by atoms with E-state index in [-0.39, 0.29) is 0 Å². The van der Waals surface area contributed by atoms with Crippen LogP contribution in [0.1, 0.15) is 12.5 Å². The number of benzene rings is 1. The summed E-state index contributed by atoms with van der Waals surface area (Å²) in [5, 5.41) is 0. The minimum absolute atomic E-state index is 0.297. The quantitative estimate of drug-likeness (QED) is 0.913. The lowest BCUT2D eigenvalue weighted by Gasteiger charge is -2.10. The van der Waals surface area contributed by atoms with E-state index in [0.717, 1.165) is 16.9 Å². The number of hydrogen-bond donors (Lipinski definition) is 1. The lowest BCUT2D eigenvalue weighted by Crippen LogP contribution is -2.03. The van der Waals surface area contributed by atoms with Crippen LogP contribution in [0.5, 0.6) is 11.6 Å². The molecule has 0 saturated carbocycles. The third-order valence-corrected chi connectivity index (χ3v) is 2.77. The zero-order valence-electron chi connectivity index (χ0n) is 11.3. The minimum Gasteiger partial charge on any atom is -0.497 e. The van der Waals surface area contributed by atoms with Crippen molar-refractivity contribution in [3.05, 3.63) is 30.0 Å². The molecule has 1 aromatic heterocycles. The van der Waals surface area contributed by atoms with Crippen LogP contribution in [0.2, 0.25) is 0 Å². The first-order valence-corrected chi connectivity index (χ1v) is 6.06. The highest BCUT2D eigenvalue weighted by molar-refractivity contribution is 5.66. The first-order valence-electron chi connectivity index (χ1n) is 6.06. The normalized spacial score (nSPS) is 10.3. The lowest BCUT2D eigenvalue weighted by atomic mass is 10.1. The molecule has 0 aliphatic rings. The van der Waals surface area contributed by atoms with E-state index in [1.807, 2.05) is 32.0 Å². The molecule has 0 aliphatic heterocycles. The predicted molar refractivity (Wildman–Crippen MR) is 74.3 cm³/mol. The van der Waals surface area contributed by atoms with Crippen LogP contribution in [0, 0.1) is 6.92 Å². The van der Waals surface area contributed by atoms with Crippen molar-refractivity contribution in [2.75, 3.05) is 19.5 Å². The Bertz CT molecular complexity index is 585. The topological polar surface area (TPSA) is 70.3 Å². The molecule has 19 heavy (non-hydrogen) atoms. The standard InChI is InChI=1S/C14H17N3O2/c1-4-19-14-13(15)16-8-12(17-14)11-7-10(18-3)6-5-9(11)2/h5-8H,4H2,1-3H3,(H2,15,16). The van der Waals surface area contributed by atoms with Gasteiger partial charge in [0, 0.05) is 5.56 Å². The van der Waals surface area contributed by atoms with E-state index >= 15 is 0 Å². The SMILES string of the molecule is CCOc1nc(-c2cc(OC)ccc2C)cnc1N. The van der Waals surface area contributed by atoms with Crippen LogP contribution in [-0.4, -0.2) is 23.7 Å². The summed E-state index contributed by atoms with van der Waals surface area (Å²) in [6.45, 7) is 4.39. The zero-order chi connectivity index (χ0) is 13.8. The van der Waals surface area contributed by atoms with E-state index < -0.39 is 0 Å². The number of aromatic nitrogens is 2. The highest BCUT2D eigenvalue weighted by Crippen LogP contribution is 2.28. The molecule has 0 unspecified atom stereocenters. The van der Waals surface area contributed by atoms with Gasteiger partial charge in [-0.25, -0.2) is 9.97 Å². The molecule has 0 atom stereocenters. The van der Waals surface area contributed by atoms with Gasteiger partial charge in [-0.05, 0) is 31.5 Å². The van der Waals surface area contributed by atoms with Crippen molar-refractivity contribution < 1.29 is 9.47 Å². The van der Waals surface area contributed by atoms with Crippen molar-refractivity contribution in [2.45, 2.75) is 13.8 Å². The number of hydrogen-bond acceptors (Lipinski definition) is 5. The van der Waals surface area contributed by atoms with Crippen molar-refractivity contribution in [2.24, 2.45) is 0 Å². The second-order valence-corrected chi connectivity index (χ2v) is 4.06. The van der Waals surface area contributed by atoms with Crippen LogP contribution in [0.4, 0.5) is 5.82 Å². The Morgan fingerprint density at radius 3 is 2.79 bits per heavy atom. The first-order chi connectivity index (χ1) is 9.15. The van der Waals surface area contributed by atoms with Crippen molar-refractivity contribution >= 4 is 5.82 Å². The molecule has 2 aromatic rings. The third kappa shape index (κ3) is 2.76. The fraction of sp³-hybridized carbons (Fsp3) is 0.286. The highest BCUT2D eigenvalue weighted by Gasteiger charge is 2.10. The third-order valence-electron chi connectivity index (χ3n) is 2.77. The minimum atomic E-state index is 0.297. The summed E-state index contributed by atoms with van der Waals surface area (Å²) < 4.78 is 10.6.